The highest BCUT2D eigenvalue weighted by Gasteiger charge is 1.82. The first kappa shape index (κ1) is 6.70. The van der Waals surface area contributed by atoms with Crippen molar-refractivity contribution in [2.24, 2.45) is 0 Å². The Morgan fingerprint density at radius 3 is 2.50 bits per heavy atom. The molecule has 0 bridgehead atoms. The van der Waals surface area contributed by atoms with Crippen molar-refractivity contribution in [1.29, 1.82) is 0 Å². The largest absolute Gasteiger partial charge is 0.457 e. The van der Waals surface area contributed by atoms with Gasteiger partial charge in [-0.1, -0.05) is 0 Å². The standard InChI is InChI=1S/CH9NOSSi2/c1-2(4)6-3-5/h4H,6H2,1,5H3. The number of thiol groups is 1. The van der Waals surface area contributed by atoms with E-state index in [4.69, 9.17) is 4.12 Å². The van der Waals surface area contributed by atoms with Crippen molar-refractivity contribution in [3.63, 3.8) is 0 Å². The molecule has 2 nitrogen and oxygen atoms in total. The average molecular weight is 139 g/mol. The van der Waals surface area contributed by atoms with Crippen LogP contribution in [-0.2, 0) is 4.12 Å². The lowest BCUT2D eigenvalue weighted by molar-refractivity contribution is 0.608. The van der Waals surface area contributed by atoms with E-state index >= 15 is 0 Å². The van der Waals surface area contributed by atoms with Crippen LogP contribution in [0.25, 0.3) is 0 Å². The summed E-state index contributed by atoms with van der Waals surface area (Å²) in [5.41, 5.74) is 0. The lowest BCUT2D eigenvalue weighted by Gasteiger charge is -2.02. The minimum atomic E-state index is -0.384. The normalized spacial score (nSPS) is 12.5. The van der Waals surface area contributed by atoms with Gasteiger partial charge in [-0.3, -0.25) is 3.97 Å². The third-order valence-corrected chi connectivity index (χ3v) is 2.07. The predicted molar refractivity (Wildman–Crippen MR) is 36.3 cm³/mol. The molecule has 0 amide bonds. The zero-order chi connectivity index (χ0) is 4.99. The van der Waals surface area contributed by atoms with Crippen molar-refractivity contribution in [2.75, 3.05) is 7.05 Å². The van der Waals surface area contributed by atoms with Crippen molar-refractivity contribution < 1.29 is 4.12 Å². The highest BCUT2D eigenvalue weighted by molar-refractivity contribution is 7.78. The summed E-state index contributed by atoms with van der Waals surface area (Å²) in [5, 5.41) is 0. The SMILES string of the molecule is CN(S)[SiH2]O[SiH3]. The van der Waals surface area contributed by atoms with Gasteiger partial charge in [0.15, 0.2) is 0 Å². The molecule has 0 N–H and O–H groups in total. The zero-order valence-corrected chi connectivity index (χ0v) is 8.32. The number of hydrogen-bond donors (Lipinski definition) is 1. The summed E-state index contributed by atoms with van der Waals surface area (Å²) in [6, 6.07) is 0. The van der Waals surface area contributed by atoms with E-state index < -0.39 is 0 Å². The topological polar surface area (TPSA) is 12.5 Å². The first-order valence-electron chi connectivity index (χ1n) is 1.66. The van der Waals surface area contributed by atoms with Crippen molar-refractivity contribution >= 4 is 33.2 Å². The molecular weight excluding hydrogens is 130 g/mol. The molecule has 0 atom stereocenters. The molecule has 6 heavy (non-hydrogen) atoms. The van der Waals surface area contributed by atoms with Crippen molar-refractivity contribution in [2.45, 2.75) is 0 Å². The van der Waals surface area contributed by atoms with Gasteiger partial charge >= 0.3 is 0 Å². The molecule has 0 aromatic rings. The average Bonchev–Trinajstić information content (AvgIpc) is 1.35. The fourth-order valence-corrected chi connectivity index (χ4v) is 2.72. The minimum absolute atomic E-state index is 0.384. The summed E-state index contributed by atoms with van der Waals surface area (Å²) in [4.78, 5) is 0. The molecule has 0 aliphatic rings. The Morgan fingerprint density at radius 1 is 2.00 bits per heavy atom. The second-order valence-electron chi connectivity index (χ2n) is 1.08. The molecule has 0 heterocycles. The van der Waals surface area contributed by atoms with Crippen LogP contribution in [0.3, 0.4) is 0 Å². The first-order valence-corrected chi connectivity index (χ1v) is 4.09. The smallest absolute Gasteiger partial charge is 0.236 e. The van der Waals surface area contributed by atoms with Crippen LogP contribution in [0, 0.1) is 0 Å². The Kier molecular flexibility index (Phi) is 4.33. The molecule has 5 heteroatoms. The molecule has 0 aromatic heterocycles. The molecule has 0 aliphatic carbocycles. The van der Waals surface area contributed by atoms with Crippen LogP contribution in [0.4, 0.5) is 0 Å². The molecule has 0 unspecified atom stereocenters. The molecule has 0 radical (unpaired) electrons. The molecule has 0 rings (SSSR count). The quantitative estimate of drug-likeness (QED) is 0.353. The van der Waals surface area contributed by atoms with E-state index in [0.717, 1.165) is 10.5 Å². The van der Waals surface area contributed by atoms with Gasteiger partial charge in [-0.05, 0) is 7.05 Å². The fourth-order valence-electron chi connectivity index (χ4n) is 0.187. The maximum Gasteiger partial charge on any atom is 0.236 e. The Hall–Kier alpha value is 0.704. The first-order chi connectivity index (χ1) is 2.77. The molecule has 0 fully saturated rings. The second kappa shape index (κ2) is 3.88. The highest BCUT2D eigenvalue weighted by Crippen LogP contribution is 1.78. The summed E-state index contributed by atoms with van der Waals surface area (Å²) < 4.78 is 6.76. The van der Waals surface area contributed by atoms with Gasteiger partial charge in [0.1, 0.15) is 10.5 Å². The van der Waals surface area contributed by atoms with E-state index in [1.165, 1.54) is 0 Å². The lowest BCUT2D eigenvalue weighted by atomic mass is 11.6. The van der Waals surface area contributed by atoms with Gasteiger partial charge in [0.05, 0.1) is 0 Å². The van der Waals surface area contributed by atoms with E-state index in [1.807, 2.05) is 11.0 Å². The summed E-state index contributed by atoms with van der Waals surface area (Å²) >= 11 is 3.97. The highest BCUT2D eigenvalue weighted by atomic mass is 32.1. The van der Waals surface area contributed by atoms with Crippen LogP contribution in [0.5, 0.6) is 0 Å². The Bertz CT molecular complexity index is 34.7. The van der Waals surface area contributed by atoms with E-state index in [9.17, 15) is 0 Å². The van der Waals surface area contributed by atoms with Crippen LogP contribution >= 0.6 is 12.8 Å². The van der Waals surface area contributed by atoms with Gasteiger partial charge in [-0.2, -0.15) is 0 Å². The monoisotopic (exact) mass is 139 g/mol. The molecular formula is CH9NOSSi2. The predicted octanol–water partition coefficient (Wildman–Crippen LogP) is -1.94. The van der Waals surface area contributed by atoms with Crippen LogP contribution in [0.1, 0.15) is 0 Å². The zero-order valence-electron chi connectivity index (χ0n) is 4.01. The summed E-state index contributed by atoms with van der Waals surface area (Å²) in [6.45, 7) is 0. The van der Waals surface area contributed by atoms with Gasteiger partial charge in [0.25, 0.3) is 0 Å². The summed E-state index contributed by atoms with van der Waals surface area (Å²) in [6.07, 6.45) is 0. The molecule has 0 saturated carbocycles. The van der Waals surface area contributed by atoms with E-state index in [1.54, 1.807) is 0 Å². The van der Waals surface area contributed by atoms with Crippen LogP contribution in [0.15, 0.2) is 0 Å². The second-order valence-corrected chi connectivity index (χ2v) is 5.81. The van der Waals surface area contributed by atoms with Gasteiger partial charge in [-0.25, -0.2) is 0 Å². The fraction of sp³-hybridized carbons (Fsp3) is 1.00. The van der Waals surface area contributed by atoms with E-state index in [0.29, 0.717) is 0 Å². The third kappa shape index (κ3) is 4.70. The third-order valence-electron chi connectivity index (χ3n) is 0.316. The van der Waals surface area contributed by atoms with Crippen LogP contribution < -0.4 is 0 Å². The number of rotatable bonds is 2. The Morgan fingerprint density at radius 2 is 2.50 bits per heavy atom. The molecule has 0 spiro atoms. The number of hydrogen-bond acceptors (Lipinski definition) is 3. The summed E-state index contributed by atoms with van der Waals surface area (Å²) in [5.74, 6) is 0. The molecule has 0 aliphatic heterocycles. The Labute approximate surface area is 49.0 Å². The van der Waals surface area contributed by atoms with Gasteiger partial charge in [0.2, 0.25) is 9.92 Å². The van der Waals surface area contributed by atoms with Crippen molar-refractivity contribution in [3.8, 4) is 0 Å². The van der Waals surface area contributed by atoms with Crippen LogP contribution in [0.2, 0.25) is 0 Å². The maximum atomic E-state index is 4.93. The molecule has 0 saturated heterocycles. The maximum absolute atomic E-state index is 4.93. The molecule has 0 aromatic carbocycles. The number of nitrogens with zero attached hydrogens (tertiary/aromatic N) is 1. The van der Waals surface area contributed by atoms with Gasteiger partial charge in [0, 0.05) is 0 Å². The van der Waals surface area contributed by atoms with Crippen molar-refractivity contribution in [3.05, 3.63) is 0 Å². The molecule has 38 valence electrons. The Balaban J connectivity index is 2.63. The van der Waals surface area contributed by atoms with Gasteiger partial charge in [-0.15, -0.1) is 12.8 Å². The minimum Gasteiger partial charge on any atom is -0.457 e. The van der Waals surface area contributed by atoms with Crippen molar-refractivity contribution in [1.82, 2.24) is 3.97 Å². The lowest BCUT2D eigenvalue weighted by Crippen LogP contribution is -2.13. The van der Waals surface area contributed by atoms with E-state index in [-0.39, 0.29) is 9.92 Å². The summed E-state index contributed by atoms with van der Waals surface area (Å²) in [7, 11) is 2.38. The van der Waals surface area contributed by atoms with Crippen LogP contribution in [-0.4, -0.2) is 31.4 Å². The van der Waals surface area contributed by atoms with E-state index in [2.05, 4.69) is 12.8 Å². The van der Waals surface area contributed by atoms with Gasteiger partial charge < -0.3 is 4.12 Å².